The summed E-state index contributed by atoms with van der Waals surface area (Å²) in [4.78, 5) is 0. The zero-order valence-corrected chi connectivity index (χ0v) is 11.1. The van der Waals surface area contributed by atoms with Gasteiger partial charge in [0.05, 0.1) is 6.54 Å². The molecular formula is C17H21N. The number of fused-ring (bicyclic) bond motifs is 3. The Hall–Kier alpha value is -1.26. The van der Waals surface area contributed by atoms with Crippen LogP contribution in [0, 0.1) is 23.7 Å². The molecule has 0 radical (unpaired) electrons. The van der Waals surface area contributed by atoms with Crippen molar-refractivity contribution < 1.29 is 0 Å². The second-order valence-corrected chi connectivity index (χ2v) is 5.61. The Morgan fingerprint density at radius 3 is 2.28 bits per heavy atom. The second kappa shape index (κ2) is 5.16. The van der Waals surface area contributed by atoms with Gasteiger partial charge in [0.2, 0.25) is 0 Å². The van der Waals surface area contributed by atoms with Crippen molar-refractivity contribution in [3.63, 3.8) is 0 Å². The summed E-state index contributed by atoms with van der Waals surface area (Å²) in [5.74, 6) is 7.76. The van der Waals surface area contributed by atoms with Gasteiger partial charge in [-0.2, -0.15) is 0 Å². The first kappa shape index (κ1) is 11.8. The molecule has 0 saturated heterocycles. The Bertz CT molecular complexity index is 447. The number of rotatable bonds is 2. The van der Waals surface area contributed by atoms with Crippen LogP contribution in [0.5, 0.6) is 0 Å². The number of benzene rings is 1. The molecule has 1 fully saturated rings. The van der Waals surface area contributed by atoms with E-state index in [4.69, 9.17) is 0 Å². The molecular weight excluding hydrogens is 218 g/mol. The zero-order valence-electron chi connectivity index (χ0n) is 11.1. The quantitative estimate of drug-likeness (QED) is 0.783. The van der Waals surface area contributed by atoms with Gasteiger partial charge in [-0.1, -0.05) is 30.2 Å². The Morgan fingerprint density at radius 1 is 1.11 bits per heavy atom. The average Bonchev–Trinajstić information content (AvgIpc) is 2.66. The normalized spacial score (nSPS) is 29.1. The van der Waals surface area contributed by atoms with Gasteiger partial charge in [-0.3, -0.25) is 0 Å². The molecule has 94 valence electrons. The van der Waals surface area contributed by atoms with E-state index in [-0.39, 0.29) is 0 Å². The Morgan fingerprint density at radius 2 is 1.72 bits per heavy atom. The number of hydrogen-bond donors (Lipinski definition) is 1. The lowest BCUT2D eigenvalue weighted by atomic mass is 9.94. The lowest BCUT2D eigenvalue weighted by Crippen LogP contribution is -2.38. The summed E-state index contributed by atoms with van der Waals surface area (Å²) in [7, 11) is 0. The van der Waals surface area contributed by atoms with Crippen LogP contribution in [0.2, 0.25) is 0 Å². The molecule has 1 nitrogen and oxygen atoms in total. The smallest absolute Gasteiger partial charge is 0.0578 e. The largest absolute Gasteiger partial charge is 0.303 e. The summed E-state index contributed by atoms with van der Waals surface area (Å²) >= 11 is 0. The number of hydrogen-bond acceptors (Lipinski definition) is 1. The van der Waals surface area contributed by atoms with Crippen molar-refractivity contribution in [2.75, 3.05) is 6.54 Å². The highest BCUT2D eigenvalue weighted by atomic mass is 14.9. The highest BCUT2D eigenvalue weighted by molar-refractivity contribution is 5.30. The summed E-state index contributed by atoms with van der Waals surface area (Å²) in [6.07, 6.45) is 5.28. The minimum absolute atomic E-state index is 0.679. The van der Waals surface area contributed by atoms with Gasteiger partial charge in [0, 0.05) is 6.04 Å². The molecule has 1 heteroatoms. The van der Waals surface area contributed by atoms with Crippen molar-refractivity contribution in [3.05, 3.63) is 35.4 Å². The van der Waals surface area contributed by atoms with E-state index in [0.717, 1.165) is 18.4 Å². The van der Waals surface area contributed by atoms with Crippen LogP contribution >= 0.6 is 0 Å². The molecule has 1 saturated carbocycles. The molecule has 1 N–H and O–H groups in total. The van der Waals surface area contributed by atoms with E-state index in [0.29, 0.717) is 6.04 Å². The molecule has 18 heavy (non-hydrogen) atoms. The molecule has 2 bridgehead atoms. The maximum Gasteiger partial charge on any atom is 0.0578 e. The molecule has 2 aliphatic carbocycles. The van der Waals surface area contributed by atoms with Gasteiger partial charge >= 0.3 is 0 Å². The third-order valence-corrected chi connectivity index (χ3v) is 4.61. The average molecular weight is 239 g/mol. The minimum Gasteiger partial charge on any atom is -0.303 e. The van der Waals surface area contributed by atoms with Crippen LogP contribution in [-0.2, 0) is 12.8 Å². The topological polar surface area (TPSA) is 12.0 Å². The molecule has 0 aliphatic heterocycles. The Balaban J connectivity index is 1.79. The molecule has 2 aliphatic rings. The predicted octanol–water partition coefficient (Wildman–Crippen LogP) is 2.79. The molecule has 2 atom stereocenters. The first-order valence-corrected chi connectivity index (χ1v) is 7.08. The summed E-state index contributed by atoms with van der Waals surface area (Å²) in [6.45, 7) is 2.77. The van der Waals surface area contributed by atoms with E-state index in [1.165, 1.54) is 25.7 Å². The van der Waals surface area contributed by atoms with E-state index in [1.54, 1.807) is 11.1 Å². The molecule has 3 rings (SSSR count). The standard InChI is InChI=1S/C17H21N/c1-2-3-10-18-17-15-8-9-16(17)12-14-7-5-4-6-13(14)11-15/h4-7,15-18H,8-12H2,1H3. The first-order valence-electron chi connectivity index (χ1n) is 7.08. The van der Waals surface area contributed by atoms with Gasteiger partial charge in [0.1, 0.15) is 0 Å². The molecule has 2 unspecified atom stereocenters. The van der Waals surface area contributed by atoms with E-state index < -0.39 is 0 Å². The van der Waals surface area contributed by atoms with Crippen LogP contribution in [0.3, 0.4) is 0 Å². The summed E-state index contributed by atoms with van der Waals surface area (Å²) in [5, 5.41) is 3.69. The van der Waals surface area contributed by atoms with Crippen LogP contribution < -0.4 is 5.32 Å². The molecule has 0 spiro atoms. The monoisotopic (exact) mass is 239 g/mol. The predicted molar refractivity (Wildman–Crippen MR) is 75.3 cm³/mol. The van der Waals surface area contributed by atoms with Crippen molar-refractivity contribution >= 4 is 0 Å². The first-order chi connectivity index (χ1) is 8.88. The number of nitrogens with one attached hydrogen (secondary N) is 1. The van der Waals surface area contributed by atoms with E-state index in [1.807, 2.05) is 6.92 Å². The Kier molecular flexibility index (Phi) is 3.39. The lowest BCUT2D eigenvalue weighted by molar-refractivity contribution is 0.356. The van der Waals surface area contributed by atoms with Gasteiger partial charge in [-0.25, -0.2) is 0 Å². The van der Waals surface area contributed by atoms with Crippen molar-refractivity contribution in [2.45, 2.75) is 38.6 Å². The maximum absolute atomic E-state index is 3.69. The van der Waals surface area contributed by atoms with E-state index in [2.05, 4.69) is 41.4 Å². The Labute approximate surface area is 110 Å². The van der Waals surface area contributed by atoms with Gasteiger partial charge in [-0.15, -0.1) is 5.92 Å². The van der Waals surface area contributed by atoms with E-state index >= 15 is 0 Å². The van der Waals surface area contributed by atoms with Gasteiger partial charge in [0.25, 0.3) is 0 Å². The zero-order chi connectivity index (χ0) is 12.4. The molecule has 0 amide bonds. The second-order valence-electron chi connectivity index (χ2n) is 5.61. The van der Waals surface area contributed by atoms with Crippen LogP contribution in [0.4, 0.5) is 0 Å². The van der Waals surface area contributed by atoms with Crippen LogP contribution in [0.15, 0.2) is 24.3 Å². The highest BCUT2D eigenvalue weighted by Crippen LogP contribution is 2.39. The third kappa shape index (κ3) is 2.18. The van der Waals surface area contributed by atoms with E-state index in [9.17, 15) is 0 Å². The molecule has 1 aromatic rings. The summed E-state index contributed by atoms with van der Waals surface area (Å²) in [6, 6.07) is 9.68. The van der Waals surface area contributed by atoms with Gasteiger partial charge in [0.15, 0.2) is 0 Å². The molecule has 0 aromatic heterocycles. The highest BCUT2D eigenvalue weighted by Gasteiger charge is 2.38. The van der Waals surface area contributed by atoms with Crippen LogP contribution in [0.25, 0.3) is 0 Å². The van der Waals surface area contributed by atoms with Crippen LogP contribution in [0.1, 0.15) is 30.9 Å². The minimum atomic E-state index is 0.679. The van der Waals surface area contributed by atoms with Crippen LogP contribution in [-0.4, -0.2) is 12.6 Å². The van der Waals surface area contributed by atoms with Crippen molar-refractivity contribution in [3.8, 4) is 11.8 Å². The van der Waals surface area contributed by atoms with Crippen molar-refractivity contribution in [1.82, 2.24) is 5.32 Å². The summed E-state index contributed by atoms with van der Waals surface area (Å²) in [5.41, 5.74) is 3.16. The fourth-order valence-corrected chi connectivity index (χ4v) is 3.74. The summed E-state index contributed by atoms with van der Waals surface area (Å²) < 4.78 is 0. The lowest BCUT2D eigenvalue weighted by Gasteiger charge is -2.22. The van der Waals surface area contributed by atoms with Crippen molar-refractivity contribution in [1.29, 1.82) is 0 Å². The fourth-order valence-electron chi connectivity index (χ4n) is 3.74. The molecule has 1 aromatic carbocycles. The molecule has 0 heterocycles. The fraction of sp³-hybridized carbons (Fsp3) is 0.529. The maximum atomic E-state index is 3.69. The third-order valence-electron chi connectivity index (χ3n) is 4.61. The SMILES string of the molecule is CC#CCNC1C2CCC1Cc1ccccc1C2. The van der Waals surface area contributed by atoms with Gasteiger partial charge in [-0.05, 0) is 55.6 Å². The van der Waals surface area contributed by atoms with Crippen molar-refractivity contribution in [2.24, 2.45) is 11.8 Å². The van der Waals surface area contributed by atoms with Gasteiger partial charge < -0.3 is 5.32 Å².